The number of hydrogen-bond donors (Lipinski definition) is 2. The number of aliphatic carboxylic acids is 1. The van der Waals surface area contributed by atoms with Crippen LogP contribution in [0, 0.1) is 0 Å². The summed E-state index contributed by atoms with van der Waals surface area (Å²) in [5, 5.41) is 11.7. The number of carboxylic acids is 1. The molecule has 1 rings (SSSR count). The number of piperazine rings is 1. The van der Waals surface area contributed by atoms with Gasteiger partial charge in [-0.2, -0.15) is 0 Å². The molecule has 0 unspecified atom stereocenters. The summed E-state index contributed by atoms with van der Waals surface area (Å²) in [6.07, 6.45) is 1.09. The van der Waals surface area contributed by atoms with Crippen molar-refractivity contribution in [1.82, 2.24) is 15.1 Å². The summed E-state index contributed by atoms with van der Waals surface area (Å²) in [7, 11) is 0. The van der Waals surface area contributed by atoms with Crippen LogP contribution in [0.4, 0.5) is 0 Å². The van der Waals surface area contributed by atoms with Crippen molar-refractivity contribution in [3.05, 3.63) is 0 Å². The standard InChI is InChI=1S/C14H27N3O3/c1-4-14(2,3)15-12(18)11-17-9-7-16(8-10-17)6-5-13(19)20/h4-11H2,1-3H3,(H,15,18)(H,19,20). The minimum Gasteiger partial charge on any atom is -0.481 e. The van der Waals surface area contributed by atoms with Crippen LogP contribution in [0.1, 0.15) is 33.6 Å². The topological polar surface area (TPSA) is 72.9 Å². The number of carbonyl (C=O) groups excluding carboxylic acids is 1. The molecule has 0 bridgehead atoms. The molecule has 20 heavy (non-hydrogen) atoms. The zero-order valence-electron chi connectivity index (χ0n) is 12.8. The number of carboxylic acid groups (broad SMARTS) is 1. The smallest absolute Gasteiger partial charge is 0.304 e. The van der Waals surface area contributed by atoms with Crippen LogP contribution in [0.25, 0.3) is 0 Å². The van der Waals surface area contributed by atoms with Crippen molar-refractivity contribution in [2.45, 2.75) is 39.2 Å². The third kappa shape index (κ3) is 6.34. The molecule has 0 spiro atoms. The third-order valence-corrected chi connectivity index (χ3v) is 3.84. The average Bonchev–Trinajstić information content (AvgIpc) is 2.37. The van der Waals surface area contributed by atoms with Gasteiger partial charge in [-0.25, -0.2) is 0 Å². The lowest BCUT2D eigenvalue weighted by molar-refractivity contribution is -0.137. The number of nitrogens with zero attached hydrogens (tertiary/aromatic N) is 2. The van der Waals surface area contributed by atoms with E-state index in [0.717, 1.165) is 32.6 Å². The van der Waals surface area contributed by atoms with E-state index in [-0.39, 0.29) is 17.9 Å². The van der Waals surface area contributed by atoms with Crippen molar-refractivity contribution in [1.29, 1.82) is 0 Å². The van der Waals surface area contributed by atoms with Crippen LogP contribution in [-0.4, -0.2) is 71.6 Å². The van der Waals surface area contributed by atoms with E-state index in [0.29, 0.717) is 13.1 Å². The average molecular weight is 285 g/mol. The Balaban J connectivity index is 2.25. The van der Waals surface area contributed by atoms with Crippen molar-refractivity contribution in [3.63, 3.8) is 0 Å². The minimum absolute atomic E-state index is 0.0656. The summed E-state index contributed by atoms with van der Waals surface area (Å²) in [6.45, 7) is 10.4. The molecular formula is C14H27N3O3. The normalized spacial score (nSPS) is 17.9. The van der Waals surface area contributed by atoms with E-state index in [1.807, 2.05) is 13.8 Å². The molecule has 1 aliphatic rings. The van der Waals surface area contributed by atoms with Crippen molar-refractivity contribution in [3.8, 4) is 0 Å². The number of hydrogen-bond acceptors (Lipinski definition) is 4. The van der Waals surface area contributed by atoms with Crippen molar-refractivity contribution >= 4 is 11.9 Å². The first-order chi connectivity index (χ1) is 9.32. The molecule has 0 atom stereocenters. The molecule has 2 N–H and O–H groups in total. The lowest BCUT2D eigenvalue weighted by atomic mass is 10.0. The third-order valence-electron chi connectivity index (χ3n) is 3.84. The number of rotatable bonds is 7. The highest BCUT2D eigenvalue weighted by molar-refractivity contribution is 5.78. The maximum absolute atomic E-state index is 11.9. The lowest BCUT2D eigenvalue weighted by Gasteiger charge is -2.34. The van der Waals surface area contributed by atoms with E-state index in [1.165, 1.54) is 0 Å². The second-order valence-electron chi connectivity index (χ2n) is 6.05. The van der Waals surface area contributed by atoms with Crippen molar-refractivity contribution in [2.75, 3.05) is 39.3 Å². The summed E-state index contributed by atoms with van der Waals surface area (Å²) in [5.74, 6) is -0.690. The lowest BCUT2D eigenvalue weighted by Crippen LogP contribution is -2.52. The molecule has 0 aromatic carbocycles. The van der Waals surface area contributed by atoms with Crippen LogP contribution in [0.5, 0.6) is 0 Å². The summed E-state index contributed by atoms with van der Waals surface area (Å²) in [6, 6.07) is 0. The Kier molecular flexibility index (Phi) is 6.42. The maximum atomic E-state index is 11.9. The van der Waals surface area contributed by atoms with Crippen LogP contribution in [0.3, 0.4) is 0 Å². The molecular weight excluding hydrogens is 258 g/mol. The van der Waals surface area contributed by atoms with Gasteiger partial charge in [-0.3, -0.25) is 14.5 Å². The number of nitrogens with one attached hydrogen (secondary N) is 1. The zero-order chi connectivity index (χ0) is 15.2. The molecule has 1 amide bonds. The van der Waals surface area contributed by atoms with Crippen LogP contribution in [0.15, 0.2) is 0 Å². The molecule has 1 heterocycles. The Morgan fingerprint density at radius 3 is 2.20 bits per heavy atom. The predicted octanol–water partition coefficient (Wildman–Crippen LogP) is 0.384. The van der Waals surface area contributed by atoms with Crippen LogP contribution in [0.2, 0.25) is 0 Å². The Hall–Kier alpha value is -1.14. The number of carbonyl (C=O) groups is 2. The maximum Gasteiger partial charge on any atom is 0.304 e. The molecule has 6 heteroatoms. The van der Waals surface area contributed by atoms with Gasteiger partial charge in [-0.05, 0) is 20.3 Å². The van der Waals surface area contributed by atoms with Gasteiger partial charge in [0.25, 0.3) is 0 Å². The zero-order valence-corrected chi connectivity index (χ0v) is 12.8. The minimum atomic E-state index is -0.756. The van der Waals surface area contributed by atoms with Gasteiger partial charge < -0.3 is 15.3 Å². The Morgan fingerprint density at radius 1 is 1.15 bits per heavy atom. The fourth-order valence-corrected chi connectivity index (χ4v) is 2.13. The summed E-state index contributed by atoms with van der Waals surface area (Å²) in [5.41, 5.74) is -0.152. The second-order valence-corrected chi connectivity index (χ2v) is 6.05. The van der Waals surface area contributed by atoms with Gasteiger partial charge in [0.2, 0.25) is 5.91 Å². The van der Waals surface area contributed by atoms with E-state index < -0.39 is 5.97 Å². The number of amides is 1. The molecule has 0 radical (unpaired) electrons. The molecule has 1 aliphatic heterocycles. The van der Waals surface area contributed by atoms with E-state index in [9.17, 15) is 9.59 Å². The van der Waals surface area contributed by atoms with Gasteiger partial charge in [0.05, 0.1) is 13.0 Å². The predicted molar refractivity (Wildman–Crippen MR) is 77.6 cm³/mol. The molecule has 0 aromatic heterocycles. The van der Waals surface area contributed by atoms with Crippen LogP contribution >= 0.6 is 0 Å². The van der Waals surface area contributed by atoms with Gasteiger partial charge in [0, 0.05) is 38.3 Å². The first-order valence-electron chi connectivity index (χ1n) is 7.30. The Labute approximate surface area is 121 Å². The highest BCUT2D eigenvalue weighted by Gasteiger charge is 2.22. The quantitative estimate of drug-likeness (QED) is 0.707. The van der Waals surface area contributed by atoms with Crippen molar-refractivity contribution < 1.29 is 14.7 Å². The van der Waals surface area contributed by atoms with Gasteiger partial charge >= 0.3 is 5.97 Å². The van der Waals surface area contributed by atoms with Gasteiger partial charge in [-0.15, -0.1) is 0 Å². The van der Waals surface area contributed by atoms with E-state index in [1.54, 1.807) is 0 Å². The van der Waals surface area contributed by atoms with Crippen LogP contribution < -0.4 is 5.32 Å². The molecule has 1 fully saturated rings. The molecule has 0 aliphatic carbocycles. The SMILES string of the molecule is CCC(C)(C)NC(=O)CN1CCN(CCC(=O)O)CC1. The molecule has 0 aromatic rings. The summed E-state index contributed by atoms with van der Waals surface area (Å²) < 4.78 is 0. The van der Waals surface area contributed by atoms with Crippen molar-refractivity contribution in [2.24, 2.45) is 0 Å². The van der Waals surface area contributed by atoms with E-state index in [2.05, 4.69) is 22.0 Å². The van der Waals surface area contributed by atoms with Crippen LogP contribution in [-0.2, 0) is 9.59 Å². The molecule has 116 valence electrons. The van der Waals surface area contributed by atoms with E-state index in [4.69, 9.17) is 5.11 Å². The summed E-state index contributed by atoms with van der Waals surface area (Å²) >= 11 is 0. The summed E-state index contributed by atoms with van der Waals surface area (Å²) in [4.78, 5) is 26.7. The Morgan fingerprint density at radius 2 is 1.70 bits per heavy atom. The highest BCUT2D eigenvalue weighted by Crippen LogP contribution is 2.07. The molecule has 0 saturated carbocycles. The highest BCUT2D eigenvalue weighted by atomic mass is 16.4. The Bertz CT molecular complexity index is 337. The molecule has 6 nitrogen and oxygen atoms in total. The largest absolute Gasteiger partial charge is 0.481 e. The monoisotopic (exact) mass is 285 g/mol. The van der Waals surface area contributed by atoms with Gasteiger partial charge in [0.1, 0.15) is 0 Å². The van der Waals surface area contributed by atoms with Gasteiger partial charge in [0.15, 0.2) is 0 Å². The first-order valence-corrected chi connectivity index (χ1v) is 7.30. The van der Waals surface area contributed by atoms with Gasteiger partial charge in [-0.1, -0.05) is 6.92 Å². The van der Waals surface area contributed by atoms with E-state index >= 15 is 0 Å². The first kappa shape index (κ1) is 16.9. The fraction of sp³-hybridized carbons (Fsp3) is 0.857. The molecule has 1 saturated heterocycles. The second kappa shape index (κ2) is 7.59. The fourth-order valence-electron chi connectivity index (χ4n) is 2.13.